The zero-order chi connectivity index (χ0) is 16.0. The molecular formula is C12H12FN3O5S. The van der Waals surface area contributed by atoms with Crippen LogP contribution in [0.5, 0.6) is 0 Å². The Morgan fingerprint density at radius 1 is 1.45 bits per heavy atom. The van der Waals surface area contributed by atoms with Gasteiger partial charge in [0.25, 0.3) is 0 Å². The number of aliphatic hydroxyl groups is 3. The summed E-state index contributed by atoms with van der Waals surface area (Å²) >= 11 is 5.04. The molecule has 8 nitrogen and oxygen atoms in total. The van der Waals surface area contributed by atoms with Gasteiger partial charge in [0.05, 0.1) is 12.0 Å². The van der Waals surface area contributed by atoms with Gasteiger partial charge in [0.15, 0.2) is 17.6 Å². The lowest BCUT2D eigenvalue weighted by atomic mass is 10.1. The Hall–Kier alpha value is -1.72. The number of ether oxygens (including phenoxy) is 1. The predicted molar refractivity (Wildman–Crippen MR) is 74.2 cm³/mol. The summed E-state index contributed by atoms with van der Waals surface area (Å²) < 4.78 is 19.6. The molecule has 3 heterocycles. The molecule has 4 unspecified atom stereocenters. The molecule has 1 fully saturated rings. The first kappa shape index (κ1) is 15.2. The lowest BCUT2D eigenvalue weighted by molar-refractivity contribution is -0.0538. The molecule has 1 aliphatic rings. The van der Waals surface area contributed by atoms with Crippen molar-refractivity contribution in [2.24, 2.45) is 0 Å². The van der Waals surface area contributed by atoms with E-state index in [1.165, 1.54) is 10.8 Å². The van der Waals surface area contributed by atoms with E-state index in [9.17, 15) is 19.4 Å². The molecule has 2 aromatic heterocycles. The smallest absolute Gasteiger partial charge is 0.203 e. The normalized spacial score (nSPS) is 28.4. The quantitative estimate of drug-likeness (QED) is 0.421. The van der Waals surface area contributed by atoms with Crippen molar-refractivity contribution < 1.29 is 24.4 Å². The van der Waals surface area contributed by atoms with E-state index < -0.39 is 42.5 Å². The van der Waals surface area contributed by atoms with Crippen LogP contribution in [0.2, 0.25) is 0 Å². The van der Waals surface area contributed by atoms with Gasteiger partial charge in [-0.3, -0.25) is 9.36 Å². The van der Waals surface area contributed by atoms with Crippen LogP contribution in [0.25, 0.3) is 11.0 Å². The second-order valence-corrected chi connectivity index (χ2v) is 5.27. The minimum atomic E-state index is -1.36. The zero-order valence-corrected chi connectivity index (χ0v) is 11.8. The Labute approximate surface area is 127 Å². The number of pyridine rings is 1. The second kappa shape index (κ2) is 5.48. The molecule has 3 rings (SSSR count). The van der Waals surface area contributed by atoms with Crippen LogP contribution in [0, 0.1) is 10.7 Å². The second-order valence-electron chi connectivity index (χ2n) is 4.90. The summed E-state index contributed by atoms with van der Waals surface area (Å²) in [5.74, 6) is -0.843. The molecule has 0 spiro atoms. The molecule has 0 bridgehead atoms. The Balaban J connectivity index is 2.14. The van der Waals surface area contributed by atoms with E-state index in [-0.39, 0.29) is 15.8 Å². The van der Waals surface area contributed by atoms with E-state index in [4.69, 9.17) is 22.1 Å². The number of hydrogen-bond donors (Lipinski definition) is 4. The van der Waals surface area contributed by atoms with Crippen LogP contribution in [-0.2, 0) is 4.74 Å². The molecule has 0 saturated carbocycles. The highest BCUT2D eigenvalue weighted by Crippen LogP contribution is 2.29. The molecule has 0 amide bonds. The monoisotopic (exact) mass is 329 g/mol. The van der Waals surface area contributed by atoms with Gasteiger partial charge in [-0.25, -0.2) is 4.98 Å². The first-order valence-corrected chi connectivity index (χ1v) is 6.77. The fourth-order valence-corrected chi connectivity index (χ4v) is 2.63. The van der Waals surface area contributed by atoms with Gasteiger partial charge in [0.2, 0.25) is 4.77 Å². The number of halogens is 1. The summed E-state index contributed by atoms with van der Waals surface area (Å²) in [6.07, 6.45) is -3.49. The third kappa shape index (κ3) is 2.34. The largest absolute Gasteiger partial charge is 0.394 e. The number of nitrogens with one attached hydrogen (secondary N) is 1. The number of rotatable bonds is 2. The summed E-state index contributed by atoms with van der Waals surface area (Å²) in [6, 6.07) is 0.759. The van der Waals surface area contributed by atoms with Crippen LogP contribution in [0.1, 0.15) is 6.23 Å². The van der Waals surface area contributed by atoms with Crippen molar-refractivity contribution in [3.05, 3.63) is 33.2 Å². The summed E-state index contributed by atoms with van der Waals surface area (Å²) in [4.78, 5) is 18.0. The van der Waals surface area contributed by atoms with Crippen molar-refractivity contribution >= 4 is 23.3 Å². The highest BCUT2D eigenvalue weighted by Gasteiger charge is 2.43. The molecule has 2 aromatic rings. The van der Waals surface area contributed by atoms with Gasteiger partial charge in [-0.2, -0.15) is 4.39 Å². The standard InChI is InChI=1S/C12H12FN3O5S/c13-7-1-5(18)4-2-16(12(22)15-10(4)14-7)11-9(20)8(19)6(3-17)21-11/h1-2,6,8-9,11,17,19-20H,3H2,(H,14,15,22). The summed E-state index contributed by atoms with van der Waals surface area (Å²) in [7, 11) is 0. The van der Waals surface area contributed by atoms with E-state index in [2.05, 4.69) is 9.97 Å². The van der Waals surface area contributed by atoms with Gasteiger partial charge in [0, 0.05) is 12.3 Å². The van der Waals surface area contributed by atoms with E-state index in [0.717, 1.165) is 6.07 Å². The maximum atomic E-state index is 13.2. The number of fused-ring (bicyclic) bond motifs is 1. The fraction of sp³-hybridized carbons (Fsp3) is 0.417. The minimum Gasteiger partial charge on any atom is -0.394 e. The third-order valence-electron chi connectivity index (χ3n) is 3.50. The average Bonchev–Trinajstić information content (AvgIpc) is 2.74. The third-order valence-corrected chi connectivity index (χ3v) is 3.81. The van der Waals surface area contributed by atoms with Crippen molar-refractivity contribution in [3.8, 4) is 0 Å². The molecule has 118 valence electrons. The summed E-state index contributed by atoms with van der Waals surface area (Å²) in [5.41, 5.74) is -0.646. The Morgan fingerprint density at radius 2 is 2.18 bits per heavy atom. The van der Waals surface area contributed by atoms with Crippen LogP contribution < -0.4 is 5.43 Å². The molecule has 0 aliphatic carbocycles. The molecule has 0 aromatic carbocycles. The van der Waals surface area contributed by atoms with Crippen LogP contribution in [0.15, 0.2) is 17.1 Å². The maximum Gasteiger partial charge on any atom is 0.203 e. The van der Waals surface area contributed by atoms with Crippen LogP contribution in [0.3, 0.4) is 0 Å². The Morgan fingerprint density at radius 3 is 2.82 bits per heavy atom. The molecule has 0 radical (unpaired) electrons. The summed E-state index contributed by atoms with van der Waals surface area (Å²) in [6.45, 7) is -0.491. The highest BCUT2D eigenvalue weighted by molar-refractivity contribution is 7.71. The van der Waals surface area contributed by atoms with Crippen molar-refractivity contribution in [2.45, 2.75) is 24.5 Å². The molecular weight excluding hydrogens is 317 g/mol. The van der Waals surface area contributed by atoms with E-state index in [0.29, 0.717) is 0 Å². The van der Waals surface area contributed by atoms with E-state index in [1.54, 1.807) is 0 Å². The van der Waals surface area contributed by atoms with E-state index in [1.807, 2.05) is 0 Å². The molecule has 22 heavy (non-hydrogen) atoms. The first-order valence-electron chi connectivity index (χ1n) is 6.36. The van der Waals surface area contributed by atoms with Gasteiger partial charge < -0.3 is 25.0 Å². The van der Waals surface area contributed by atoms with Crippen molar-refractivity contribution in [1.82, 2.24) is 14.5 Å². The average molecular weight is 329 g/mol. The number of aromatic amines is 1. The van der Waals surface area contributed by atoms with E-state index >= 15 is 0 Å². The molecule has 4 N–H and O–H groups in total. The lowest BCUT2D eigenvalue weighted by Crippen LogP contribution is -2.33. The van der Waals surface area contributed by atoms with Crippen LogP contribution >= 0.6 is 12.2 Å². The van der Waals surface area contributed by atoms with Crippen molar-refractivity contribution in [3.63, 3.8) is 0 Å². The summed E-state index contributed by atoms with van der Waals surface area (Å²) in [5, 5.41) is 28.9. The number of H-pyrrole nitrogens is 1. The molecule has 10 heteroatoms. The zero-order valence-electron chi connectivity index (χ0n) is 11.0. The van der Waals surface area contributed by atoms with Crippen molar-refractivity contribution in [2.75, 3.05) is 6.61 Å². The first-order chi connectivity index (χ1) is 10.4. The molecule has 1 aliphatic heterocycles. The number of aliphatic hydroxyl groups excluding tert-OH is 3. The number of nitrogens with zero attached hydrogens (tertiary/aromatic N) is 2. The predicted octanol–water partition coefficient (Wildman–Crippen LogP) is -0.795. The van der Waals surface area contributed by atoms with Crippen LogP contribution in [0.4, 0.5) is 4.39 Å². The molecule has 4 atom stereocenters. The molecule has 1 saturated heterocycles. The van der Waals surface area contributed by atoms with Gasteiger partial charge in [-0.1, -0.05) is 0 Å². The SMILES string of the molecule is O=c1cc(F)[nH]c2nc(=S)n(C3OC(CO)C(O)C3O)cc12. The van der Waals surface area contributed by atoms with Gasteiger partial charge in [0.1, 0.15) is 24.0 Å². The van der Waals surface area contributed by atoms with Crippen molar-refractivity contribution in [1.29, 1.82) is 0 Å². The maximum absolute atomic E-state index is 13.2. The van der Waals surface area contributed by atoms with Crippen LogP contribution in [-0.4, -0.2) is 54.8 Å². The highest BCUT2D eigenvalue weighted by atomic mass is 32.1. The number of hydrogen-bond acceptors (Lipinski definition) is 7. The number of aromatic nitrogens is 3. The Kier molecular flexibility index (Phi) is 3.78. The van der Waals surface area contributed by atoms with Gasteiger partial charge in [-0.15, -0.1) is 0 Å². The van der Waals surface area contributed by atoms with Gasteiger partial charge in [-0.05, 0) is 12.2 Å². The fourth-order valence-electron chi connectivity index (χ4n) is 2.38. The topological polar surface area (TPSA) is 121 Å². The lowest BCUT2D eigenvalue weighted by Gasteiger charge is -2.18. The van der Waals surface area contributed by atoms with Gasteiger partial charge >= 0.3 is 0 Å². The Bertz CT molecular complexity index is 838. The minimum absolute atomic E-state index is 0.0296.